The van der Waals surface area contributed by atoms with Crippen molar-refractivity contribution in [2.45, 2.75) is 33.1 Å². The third-order valence-corrected chi connectivity index (χ3v) is 2.93. The number of ether oxygens (including phenoxy) is 1. The Labute approximate surface area is 115 Å². The van der Waals surface area contributed by atoms with E-state index >= 15 is 0 Å². The molecule has 0 saturated heterocycles. The van der Waals surface area contributed by atoms with Crippen LogP contribution in [-0.4, -0.2) is 25.7 Å². The summed E-state index contributed by atoms with van der Waals surface area (Å²) in [5.41, 5.74) is 8.01. The smallest absolute Gasteiger partial charge is 0.251 e. The predicted molar refractivity (Wildman–Crippen MR) is 78.3 cm³/mol. The van der Waals surface area contributed by atoms with Crippen LogP contribution >= 0.6 is 0 Å². The number of rotatable bonds is 8. The Hall–Kier alpha value is -1.55. The Balaban J connectivity index is 2.22. The topological polar surface area (TPSA) is 64.3 Å². The summed E-state index contributed by atoms with van der Waals surface area (Å²) < 4.78 is 5.43. The van der Waals surface area contributed by atoms with E-state index in [2.05, 4.69) is 12.2 Å². The van der Waals surface area contributed by atoms with E-state index < -0.39 is 0 Å². The van der Waals surface area contributed by atoms with E-state index in [1.165, 1.54) is 0 Å². The Kier molecular flexibility index (Phi) is 6.97. The van der Waals surface area contributed by atoms with Gasteiger partial charge in [-0.1, -0.05) is 13.3 Å². The average molecular weight is 264 g/mol. The van der Waals surface area contributed by atoms with Crippen LogP contribution in [0.5, 0.6) is 0 Å². The number of hydrogen-bond donors (Lipinski definition) is 2. The van der Waals surface area contributed by atoms with Crippen LogP contribution in [0.25, 0.3) is 0 Å². The maximum Gasteiger partial charge on any atom is 0.251 e. The summed E-state index contributed by atoms with van der Waals surface area (Å²) in [6, 6.07) is 5.32. The molecular weight excluding hydrogens is 240 g/mol. The van der Waals surface area contributed by atoms with Gasteiger partial charge in [-0.25, -0.2) is 0 Å². The molecule has 0 spiro atoms. The van der Waals surface area contributed by atoms with Crippen LogP contribution in [0.4, 0.5) is 5.69 Å². The first-order valence-electron chi connectivity index (χ1n) is 6.87. The molecule has 0 aliphatic heterocycles. The SMILES string of the molecule is CCCCOCCCNC(=O)c1ccc(N)c(C)c1. The van der Waals surface area contributed by atoms with Crippen LogP contribution in [0.2, 0.25) is 0 Å². The maximum absolute atomic E-state index is 11.9. The second-order valence-electron chi connectivity index (χ2n) is 4.65. The molecule has 19 heavy (non-hydrogen) atoms. The minimum atomic E-state index is -0.0586. The summed E-state index contributed by atoms with van der Waals surface area (Å²) in [5, 5.41) is 2.88. The van der Waals surface area contributed by atoms with Crippen LogP contribution < -0.4 is 11.1 Å². The third-order valence-electron chi connectivity index (χ3n) is 2.93. The zero-order valence-corrected chi connectivity index (χ0v) is 11.9. The van der Waals surface area contributed by atoms with Gasteiger partial charge in [0.15, 0.2) is 0 Å². The molecule has 0 aliphatic rings. The monoisotopic (exact) mass is 264 g/mol. The van der Waals surface area contributed by atoms with Crippen molar-refractivity contribution in [3.8, 4) is 0 Å². The lowest BCUT2D eigenvalue weighted by molar-refractivity contribution is 0.0940. The van der Waals surface area contributed by atoms with Gasteiger partial charge in [0.2, 0.25) is 0 Å². The van der Waals surface area contributed by atoms with Gasteiger partial charge in [0.25, 0.3) is 5.91 Å². The van der Waals surface area contributed by atoms with Crippen LogP contribution in [0.3, 0.4) is 0 Å². The highest BCUT2D eigenvalue weighted by atomic mass is 16.5. The molecule has 1 aromatic carbocycles. The van der Waals surface area contributed by atoms with Gasteiger partial charge >= 0.3 is 0 Å². The van der Waals surface area contributed by atoms with E-state index in [4.69, 9.17) is 10.5 Å². The molecule has 0 atom stereocenters. The molecule has 0 bridgehead atoms. The summed E-state index contributed by atoms with van der Waals surface area (Å²) in [5.74, 6) is -0.0586. The number of nitrogens with one attached hydrogen (secondary N) is 1. The van der Waals surface area contributed by atoms with Crippen molar-refractivity contribution in [1.29, 1.82) is 0 Å². The highest BCUT2D eigenvalue weighted by Gasteiger charge is 2.05. The number of unbranched alkanes of at least 4 members (excludes halogenated alkanes) is 1. The summed E-state index contributed by atoms with van der Waals surface area (Å²) in [4.78, 5) is 11.9. The first-order chi connectivity index (χ1) is 9.15. The quantitative estimate of drug-likeness (QED) is 0.560. The van der Waals surface area contributed by atoms with Crippen molar-refractivity contribution in [3.63, 3.8) is 0 Å². The second-order valence-corrected chi connectivity index (χ2v) is 4.65. The Morgan fingerprint density at radius 2 is 2.05 bits per heavy atom. The third kappa shape index (κ3) is 5.75. The van der Waals surface area contributed by atoms with Crippen molar-refractivity contribution >= 4 is 11.6 Å². The number of anilines is 1. The molecule has 0 radical (unpaired) electrons. The number of benzene rings is 1. The Morgan fingerprint density at radius 1 is 1.32 bits per heavy atom. The van der Waals surface area contributed by atoms with E-state index in [1.54, 1.807) is 12.1 Å². The predicted octanol–water partition coefficient (Wildman–Crippen LogP) is 2.51. The largest absolute Gasteiger partial charge is 0.399 e. The fraction of sp³-hybridized carbons (Fsp3) is 0.533. The standard InChI is InChI=1S/C15H24N2O2/c1-3-4-9-19-10-5-8-17-15(18)13-6-7-14(16)12(2)11-13/h6-7,11H,3-5,8-10,16H2,1-2H3,(H,17,18). The van der Waals surface area contributed by atoms with Crippen molar-refractivity contribution in [3.05, 3.63) is 29.3 Å². The van der Waals surface area contributed by atoms with Crippen LogP contribution in [0.1, 0.15) is 42.1 Å². The fourth-order valence-corrected chi connectivity index (χ4v) is 1.64. The van der Waals surface area contributed by atoms with Gasteiger partial charge in [0.05, 0.1) is 0 Å². The first-order valence-corrected chi connectivity index (χ1v) is 6.87. The van der Waals surface area contributed by atoms with Gasteiger partial charge in [0, 0.05) is 31.0 Å². The number of carbonyl (C=O) groups is 1. The highest BCUT2D eigenvalue weighted by molar-refractivity contribution is 5.94. The molecule has 106 valence electrons. The normalized spacial score (nSPS) is 10.4. The van der Waals surface area contributed by atoms with Crippen molar-refractivity contribution in [2.75, 3.05) is 25.5 Å². The van der Waals surface area contributed by atoms with Crippen LogP contribution in [-0.2, 0) is 4.74 Å². The minimum absolute atomic E-state index is 0.0586. The van der Waals surface area contributed by atoms with E-state index in [1.807, 2.05) is 13.0 Å². The molecule has 4 heteroatoms. The second kappa shape index (κ2) is 8.53. The molecule has 3 N–H and O–H groups in total. The Bertz CT molecular complexity index is 405. The molecule has 0 aromatic heterocycles. The summed E-state index contributed by atoms with van der Waals surface area (Å²) in [6.07, 6.45) is 3.08. The highest BCUT2D eigenvalue weighted by Crippen LogP contribution is 2.12. The van der Waals surface area contributed by atoms with Gasteiger partial charge < -0.3 is 15.8 Å². The first kappa shape index (κ1) is 15.5. The van der Waals surface area contributed by atoms with Crippen molar-refractivity contribution in [2.24, 2.45) is 0 Å². The van der Waals surface area contributed by atoms with Gasteiger partial charge in [-0.15, -0.1) is 0 Å². The number of amides is 1. The number of carbonyl (C=O) groups excluding carboxylic acids is 1. The molecule has 4 nitrogen and oxygen atoms in total. The molecule has 1 rings (SSSR count). The molecule has 0 fully saturated rings. The van der Waals surface area contributed by atoms with Gasteiger partial charge in [-0.2, -0.15) is 0 Å². The number of nitrogens with two attached hydrogens (primary N) is 1. The maximum atomic E-state index is 11.9. The minimum Gasteiger partial charge on any atom is -0.399 e. The lowest BCUT2D eigenvalue weighted by atomic mass is 10.1. The zero-order chi connectivity index (χ0) is 14.1. The zero-order valence-electron chi connectivity index (χ0n) is 11.9. The van der Waals surface area contributed by atoms with E-state index in [0.717, 1.165) is 31.4 Å². The van der Waals surface area contributed by atoms with Crippen molar-refractivity contribution < 1.29 is 9.53 Å². The summed E-state index contributed by atoms with van der Waals surface area (Å²) in [6.45, 7) is 6.17. The summed E-state index contributed by atoms with van der Waals surface area (Å²) in [7, 11) is 0. The molecule has 1 aromatic rings. The number of nitrogen functional groups attached to an aromatic ring is 1. The van der Waals surface area contributed by atoms with E-state index in [-0.39, 0.29) is 5.91 Å². The molecule has 1 amide bonds. The lowest BCUT2D eigenvalue weighted by Crippen LogP contribution is -2.25. The van der Waals surface area contributed by atoms with E-state index in [0.29, 0.717) is 24.4 Å². The van der Waals surface area contributed by atoms with Gasteiger partial charge in [0.1, 0.15) is 0 Å². The van der Waals surface area contributed by atoms with Gasteiger partial charge in [-0.3, -0.25) is 4.79 Å². The molecule has 0 heterocycles. The van der Waals surface area contributed by atoms with Gasteiger partial charge in [-0.05, 0) is 43.5 Å². The molecule has 0 unspecified atom stereocenters. The van der Waals surface area contributed by atoms with Crippen molar-refractivity contribution in [1.82, 2.24) is 5.32 Å². The van der Waals surface area contributed by atoms with Crippen LogP contribution in [0, 0.1) is 6.92 Å². The molecular formula is C15H24N2O2. The molecule has 0 saturated carbocycles. The number of aryl methyl sites for hydroxylation is 1. The summed E-state index contributed by atoms with van der Waals surface area (Å²) >= 11 is 0. The van der Waals surface area contributed by atoms with E-state index in [9.17, 15) is 4.79 Å². The molecule has 0 aliphatic carbocycles. The Morgan fingerprint density at radius 3 is 2.74 bits per heavy atom. The number of hydrogen-bond acceptors (Lipinski definition) is 3. The fourth-order valence-electron chi connectivity index (χ4n) is 1.64. The average Bonchev–Trinajstić information content (AvgIpc) is 2.40. The lowest BCUT2D eigenvalue weighted by Gasteiger charge is -2.07. The van der Waals surface area contributed by atoms with Crippen LogP contribution in [0.15, 0.2) is 18.2 Å².